The second-order valence-corrected chi connectivity index (χ2v) is 9.46. The highest BCUT2D eigenvalue weighted by Gasteiger charge is 2.59. The minimum absolute atomic E-state index is 0.178. The number of alkyl halides is 2. The van der Waals surface area contributed by atoms with Gasteiger partial charge in [-0.05, 0) is 30.3 Å². The number of nitrogens with zero attached hydrogens (tertiary/aromatic N) is 3. The zero-order chi connectivity index (χ0) is 22.3. The molecule has 0 aliphatic heterocycles. The molecule has 0 saturated heterocycles. The van der Waals surface area contributed by atoms with E-state index < -0.39 is 49.8 Å². The summed E-state index contributed by atoms with van der Waals surface area (Å²) >= 11 is 5.98. The van der Waals surface area contributed by atoms with Crippen molar-refractivity contribution in [3.05, 3.63) is 62.4 Å². The van der Waals surface area contributed by atoms with Gasteiger partial charge in [0.25, 0.3) is 11.5 Å². The molecule has 4 aromatic rings. The Morgan fingerprint density at radius 3 is 2.61 bits per heavy atom. The zero-order valence-electron chi connectivity index (χ0n) is 15.2. The molecule has 0 spiro atoms. The lowest BCUT2D eigenvalue weighted by Gasteiger charge is -2.10. The first-order valence-corrected chi connectivity index (χ1v) is 10.7. The monoisotopic (exact) mass is 468 g/mol. The standard InChI is InChI=1S/C18H11ClF2N4O5S/c19-10-3-4-12(15-14(10)16(26)25(28)17(27)23-15)31(29,30)9-2-1-8-7-22-24(11(8)5-9)13-6-18(13,20)21/h1-5,7,13,28H,6H2,(H,23,27). The first-order chi connectivity index (χ1) is 14.5. The Hall–Kier alpha value is -3.25. The highest BCUT2D eigenvalue weighted by atomic mass is 35.5. The number of hydrogen-bond acceptors (Lipinski definition) is 6. The predicted molar refractivity (Wildman–Crippen MR) is 105 cm³/mol. The van der Waals surface area contributed by atoms with Gasteiger partial charge in [-0.1, -0.05) is 16.3 Å². The average molecular weight is 469 g/mol. The molecule has 2 aromatic carbocycles. The SMILES string of the molecule is O=c1[nH]c2c(S(=O)(=O)c3ccc4cnn(C5CC5(F)F)c4c3)ccc(Cl)c2c(=O)n1O. The molecule has 1 aliphatic rings. The van der Waals surface area contributed by atoms with Crippen LogP contribution >= 0.6 is 11.6 Å². The van der Waals surface area contributed by atoms with Crippen LogP contribution in [0.25, 0.3) is 21.8 Å². The molecule has 0 amide bonds. The van der Waals surface area contributed by atoms with Crippen LogP contribution in [0.2, 0.25) is 5.02 Å². The van der Waals surface area contributed by atoms with E-state index in [1.807, 2.05) is 0 Å². The summed E-state index contributed by atoms with van der Waals surface area (Å²) in [6.45, 7) is 0. The third-order valence-corrected chi connectivity index (χ3v) is 7.31. The molecule has 9 nitrogen and oxygen atoms in total. The summed E-state index contributed by atoms with van der Waals surface area (Å²) < 4.78 is 54.6. The summed E-state index contributed by atoms with van der Waals surface area (Å²) in [7, 11) is -4.34. The molecular weight excluding hydrogens is 458 g/mol. The first-order valence-electron chi connectivity index (χ1n) is 8.79. The molecule has 1 fully saturated rings. The smallest absolute Gasteiger partial charge is 0.362 e. The fraction of sp³-hybridized carbons (Fsp3) is 0.167. The van der Waals surface area contributed by atoms with E-state index in [0.717, 1.165) is 16.8 Å². The van der Waals surface area contributed by atoms with E-state index in [1.54, 1.807) is 0 Å². The van der Waals surface area contributed by atoms with Crippen LogP contribution < -0.4 is 11.2 Å². The van der Waals surface area contributed by atoms with Gasteiger partial charge in [0.1, 0.15) is 6.04 Å². The van der Waals surface area contributed by atoms with Gasteiger partial charge >= 0.3 is 5.69 Å². The first kappa shape index (κ1) is 19.7. The van der Waals surface area contributed by atoms with Gasteiger partial charge in [0.2, 0.25) is 9.84 Å². The van der Waals surface area contributed by atoms with E-state index >= 15 is 0 Å². The highest BCUT2D eigenvalue weighted by Crippen LogP contribution is 2.53. The summed E-state index contributed by atoms with van der Waals surface area (Å²) in [6.07, 6.45) is 0.969. The summed E-state index contributed by atoms with van der Waals surface area (Å²) in [5.41, 5.74) is -2.62. The minimum atomic E-state index is -4.34. The lowest BCUT2D eigenvalue weighted by molar-refractivity contribution is 0.0992. The van der Waals surface area contributed by atoms with Crippen LogP contribution in [-0.4, -0.2) is 39.0 Å². The normalized spacial score (nSPS) is 18.0. The van der Waals surface area contributed by atoms with Crippen LogP contribution in [0.4, 0.5) is 8.78 Å². The van der Waals surface area contributed by atoms with Crippen molar-refractivity contribution in [2.45, 2.75) is 28.2 Å². The minimum Gasteiger partial charge on any atom is -0.421 e. The Kier molecular flexibility index (Phi) is 3.90. The number of nitrogens with one attached hydrogen (secondary N) is 1. The van der Waals surface area contributed by atoms with Crippen LogP contribution in [0.15, 0.2) is 55.9 Å². The molecule has 2 aromatic heterocycles. The maximum Gasteiger partial charge on any atom is 0.362 e. The number of aromatic nitrogens is 4. The van der Waals surface area contributed by atoms with Gasteiger partial charge in [-0.15, -0.1) is 0 Å². The summed E-state index contributed by atoms with van der Waals surface area (Å²) in [5, 5.41) is 13.4. The average Bonchev–Trinajstić information content (AvgIpc) is 3.15. The molecule has 160 valence electrons. The van der Waals surface area contributed by atoms with Crippen LogP contribution in [0.5, 0.6) is 0 Å². The summed E-state index contributed by atoms with van der Waals surface area (Å²) in [4.78, 5) is 25.5. The topological polar surface area (TPSA) is 127 Å². The van der Waals surface area contributed by atoms with Crippen LogP contribution in [0.3, 0.4) is 0 Å². The van der Waals surface area contributed by atoms with E-state index in [9.17, 15) is 32.0 Å². The number of sulfone groups is 1. The Morgan fingerprint density at radius 1 is 1.23 bits per heavy atom. The van der Waals surface area contributed by atoms with Crippen molar-refractivity contribution < 1.29 is 22.4 Å². The molecule has 5 rings (SSSR count). The molecule has 1 atom stereocenters. The maximum absolute atomic E-state index is 13.5. The van der Waals surface area contributed by atoms with Gasteiger partial charge < -0.3 is 10.2 Å². The van der Waals surface area contributed by atoms with E-state index in [1.165, 1.54) is 24.4 Å². The number of H-pyrrole nitrogens is 1. The fourth-order valence-electron chi connectivity index (χ4n) is 3.50. The van der Waals surface area contributed by atoms with E-state index in [4.69, 9.17) is 11.6 Å². The van der Waals surface area contributed by atoms with Gasteiger partial charge in [0, 0.05) is 11.8 Å². The number of benzene rings is 2. The lowest BCUT2D eigenvalue weighted by atomic mass is 10.2. The molecule has 13 heteroatoms. The van der Waals surface area contributed by atoms with E-state index in [0.29, 0.717) is 5.39 Å². The number of fused-ring (bicyclic) bond motifs is 2. The van der Waals surface area contributed by atoms with Gasteiger partial charge in [-0.3, -0.25) is 9.48 Å². The quantitative estimate of drug-likeness (QED) is 0.444. The molecule has 1 aliphatic carbocycles. The van der Waals surface area contributed by atoms with Crippen LogP contribution in [0.1, 0.15) is 12.5 Å². The molecule has 2 N–H and O–H groups in total. The summed E-state index contributed by atoms with van der Waals surface area (Å²) in [6, 6.07) is 4.99. The van der Waals surface area contributed by atoms with Crippen LogP contribution in [0, 0.1) is 0 Å². The largest absolute Gasteiger partial charge is 0.421 e. The second kappa shape index (κ2) is 6.14. The molecular formula is C18H11ClF2N4O5S. The molecule has 1 unspecified atom stereocenters. The number of halogens is 3. The molecule has 1 saturated carbocycles. The van der Waals surface area contributed by atoms with Crippen molar-refractivity contribution in [1.82, 2.24) is 19.5 Å². The van der Waals surface area contributed by atoms with Crippen molar-refractivity contribution >= 4 is 43.2 Å². The van der Waals surface area contributed by atoms with Crippen molar-refractivity contribution in [1.29, 1.82) is 0 Å². The van der Waals surface area contributed by atoms with Crippen molar-refractivity contribution in [3.8, 4) is 0 Å². The van der Waals surface area contributed by atoms with E-state index in [-0.39, 0.29) is 25.7 Å². The Bertz CT molecular complexity index is 1640. The number of aromatic amines is 1. The molecule has 0 bridgehead atoms. The van der Waals surface area contributed by atoms with Crippen molar-refractivity contribution in [2.24, 2.45) is 0 Å². The third-order valence-electron chi connectivity index (χ3n) is 5.20. The van der Waals surface area contributed by atoms with Crippen LogP contribution in [-0.2, 0) is 9.84 Å². The van der Waals surface area contributed by atoms with Crippen molar-refractivity contribution in [2.75, 3.05) is 0 Å². The zero-order valence-corrected chi connectivity index (χ0v) is 16.8. The fourth-order valence-corrected chi connectivity index (χ4v) is 5.17. The Balaban J connectivity index is 1.75. The van der Waals surface area contributed by atoms with Crippen molar-refractivity contribution in [3.63, 3.8) is 0 Å². The van der Waals surface area contributed by atoms with Gasteiger partial charge in [-0.2, -0.15) is 5.10 Å². The van der Waals surface area contributed by atoms with Gasteiger partial charge in [-0.25, -0.2) is 22.0 Å². The lowest BCUT2D eigenvalue weighted by Crippen LogP contribution is -2.33. The number of rotatable bonds is 3. The highest BCUT2D eigenvalue weighted by molar-refractivity contribution is 7.91. The summed E-state index contributed by atoms with van der Waals surface area (Å²) in [5.74, 6) is -2.91. The Labute approximate surface area is 176 Å². The predicted octanol–water partition coefficient (Wildman–Crippen LogP) is 2.34. The maximum atomic E-state index is 13.5. The molecule has 2 heterocycles. The molecule has 31 heavy (non-hydrogen) atoms. The van der Waals surface area contributed by atoms with Gasteiger partial charge in [0.05, 0.1) is 37.4 Å². The van der Waals surface area contributed by atoms with E-state index in [2.05, 4.69) is 10.1 Å². The Morgan fingerprint density at radius 2 is 1.94 bits per heavy atom. The third kappa shape index (κ3) is 2.78. The second-order valence-electron chi connectivity index (χ2n) is 7.14. The van der Waals surface area contributed by atoms with Gasteiger partial charge in [0.15, 0.2) is 0 Å². The molecule has 0 radical (unpaired) electrons. The number of hydrogen-bond donors (Lipinski definition) is 2.